The van der Waals surface area contributed by atoms with Crippen LogP contribution in [-0.2, 0) is 14.8 Å². The number of nitrogens with one attached hydrogen (secondary N) is 3. The Morgan fingerprint density at radius 3 is 2.61 bits per heavy atom. The van der Waals surface area contributed by atoms with E-state index in [1.807, 2.05) is 0 Å². The number of rotatable bonds is 8. The van der Waals surface area contributed by atoms with Crippen LogP contribution in [0.25, 0.3) is 5.52 Å². The van der Waals surface area contributed by atoms with Gasteiger partial charge in [0, 0.05) is 24.5 Å². The van der Waals surface area contributed by atoms with Gasteiger partial charge in [0.25, 0.3) is 5.91 Å². The number of benzene rings is 1. The van der Waals surface area contributed by atoms with Crippen LogP contribution >= 0.6 is 0 Å². The Labute approximate surface area is 161 Å². The van der Waals surface area contributed by atoms with Crippen molar-refractivity contribution in [1.82, 2.24) is 20.2 Å². The third-order valence-corrected chi connectivity index (χ3v) is 5.10. The minimum absolute atomic E-state index is 0.0791. The van der Waals surface area contributed by atoms with Gasteiger partial charge in [-0.3, -0.25) is 14.3 Å². The Kier molecular flexibility index (Phi) is 5.90. The molecular formula is C18H19N5O4S. The van der Waals surface area contributed by atoms with Crippen LogP contribution in [0.3, 0.4) is 0 Å². The van der Waals surface area contributed by atoms with Gasteiger partial charge in [0.15, 0.2) is 0 Å². The van der Waals surface area contributed by atoms with Crippen molar-refractivity contribution in [2.24, 2.45) is 0 Å². The molecule has 3 aromatic rings. The van der Waals surface area contributed by atoms with Gasteiger partial charge in [0.05, 0.1) is 23.5 Å². The normalized spacial score (nSPS) is 11.1. The molecule has 3 rings (SSSR count). The molecule has 146 valence electrons. The van der Waals surface area contributed by atoms with Crippen molar-refractivity contribution in [3.63, 3.8) is 0 Å². The molecule has 2 heterocycles. The zero-order valence-electron chi connectivity index (χ0n) is 14.8. The molecule has 2 amide bonds. The number of aromatic nitrogens is 2. The topological polar surface area (TPSA) is 122 Å². The number of pyridine rings is 1. The van der Waals surface area contributed by atoms with Crippen molar-refractivity contribution in [3.05, 3.63) is 66.5 Å². The van der Waals surface area contributed by atoms with E-state index in [1.54, 1.807) is 65.4 Å². The number of carbonyl (C=O) groups is 2. The van der Waals surface area contributed by atoms with Gasteiger partial charge in [-0.1, -0.05) is 18.2 Å². The first-order valence-electron chi connectivity index (χ1n) is 8.47. The molecule has 10 heteroatoms. The molecule has 0 aliphatic heterocycles. The second kappa shape index (κ2) is 8.53. The zero-order chi connectivity index (χ0) is 20.0. The number of hydrogen-bond acceptors (Lipinski definition) is 5. The summed E-state index contributed by atoms with van der Waals surface area (Å²) in [5.41, 5.74) is 1.61. The Morgan fingerprint density at radius 1 is 1.04 bits per heavy atom. The van der Waals surface area contributed by atoms with Gasteiger partial charge in [0.1, 0.15) is 0 Å². The molecule has 28 heavy (non-hydrogen) atoms. The van der Waals surface area contributed by atoms with E-state index >= 15 is 0 Å². The van der Waals surface area contributed by atoms with Gasteiger partial charge in [-0.25, -0.2) is 12.9 Å². The van der Waals surface area contributed by atoms with E-state index in [2.05, 4.69) is 20.5 Å². The monoisotopic (exact) mass is 401 g/mol. The molecule has 0 atom stereocenters. The number of sulfonamides is 1. The molecule has 0 bridgehead atoms. The largest absolute Gasteiger partial charge is 0.353 e. The number of hydrogen-bond donors (Lipinski definition) is 3. The first-order valence-corrected chi connectivity index (χ1v) is 10.1. The fraction of sp³-hybridized carbons (Fsp3) is 0.167. The minimum atomic E-state index is -3.64. The lowest BCUT2D eigenvalue weighted by molar-refractivity contribution is -0.120. The average molecular weight is 401 g/mol. The lowest BCUT2D eigenvalue weighted by atomic mass is 10.2. The van der Waals surface area contributed by atoms with Gasteiger partial charge >= 0.3 is 0 Å². The Morgan fingerprint density at radius 2 is 1.82 bits per heavy atom. The second-order valence-corrected chi connectivity index (χ2v) is 7.78. The lowest BCUT2D eigenvalue weighted by Gasteiger charge is -2.10. The summed E-state index contributed by atoms with van der Waals surface area (Å²) in [5, 5.41) is 8.98. The number of nitrogens with zero attached hydrogens (tertiary/aromatic N) is 2. The van der Waals surface area contributed by atoms with E-state index in [4.69, 9.17) is 0 Å². The summed E-state index contributed by atoms with van der Waals surface area (Å²) in [6, 6.07) is 13.5. The predicted molar refractivity (Wildman–Crippen MR) is 104 cm³/mol. The third-order valence-electron chi connectivity index (χ3n) is 3.81. The van der Waals surface area contributed by atoms with Crippen LogP contribution in [0.15, 0.2) is 60.9 Å². The summed E-state index contributed by atoms with van der Waals surface area (Å²) in [7, 11) is -3.64. The molecule has 0 radical (unpaired) electrons. The molecule has 2 aromatic heterocycles. The highest BCUT2D eigenvalue weighted by atomic mass is 32.2. The summed E-state index contributed by atoms with van der Waals surface area (Å²) >= 11 is 0. The number of fused-ring (bicyclic) bond motifs is 1. The smallest absolute Gasteiger partial charge is 0.251 e. The summed E-state index contributed by atoms with van der Waals surface area (Å²) in [6.07, 6.45) is 3.25. The van der Waals surface area contributed by atoms with Crippen LogP contribution in [0.4, 0.5) is 5.69 Å². The molecule has 0 unspecified atom stereocenters. The predicted octanol–water partition coefficient (Wildman–Crippen LogP) is 0.622. The Bertz CT molecular complexity index is 1080. The van der Waals surface area contributed by atoms with Crippen molar-refractivity contribution in [1.29, 1.82) is 0 Å². The Balaban J connectivity index is 1.42. The van der Waals surface area contributed by atoms with E-state index in [0.29, 0.717) is 11.3 Å². The molecule has 9 nitrogen and oxygen atoms in total. The maximum Gasteiger partial charge on any atom is 0.251 e. The third kappa shape index (κ3) is 5.30. The van der Waals surface area contributed by atoms with Gasteiger partial charge < -0.3 is 10.6 Å². The standard InChI is InChI=1S/C18H19N5O4S/c24-17(13-20-18(25)14-4-2-1-3-5-14)19-9-11-28(26,27)22-15-7-10-23-16(12-15)6-8-21-23/h1-8,10,12,22H,9,11,13H2,(H,19,24)(H,20,25). The summed E-state index contributed by atoms with van der Waals surface area (Å²) in [6.45, 7) is -0.316. The van der Waals surface area contributed by atoms with Gasteiger partial charge in [-0.2, -0.15) is 5.10 Å². The molecule has 1 aromatic carbocycles. The molecular weight excluding hydrogens is 382 g/mol. The number of carbonyl (C=O) groups excluding carboxylic acids is 2. The molecule has 0 saturated heterocycles. The maximum absolute atomic E-state index is 12.2. The second-order valence-electron chi connectivity index (χ2n) is 5.94. The minimum Gasteiger partial charge on any atom is -0.353 e. The van der Waals surface area contributed by atoms with Crippen molar-refractivity contribution in [2.75, 3.05) is 23.6 Å². The average Bonchev–Trinajstić information content (AvgIpc) is 3.14. The zero-order valence-corrected chi connectivity index (χ0v) is 15.6. The van der Waals surface area contributed by atoms with Crippen molar-refractivity contribution < 1.29 is 18.0 Å². The maximum atomic E-state index is 12.2. The quantitative estimate of drug-likeness (QED) is 0.511. The fourth-order valence-electron chi connectivity index (χ4n) is 2.46. The van der Waals surface area contributed by atoms with Crippen LogP contribution in [0.1, 0.15) is 10.4 Å². The highest BCUT2D eigenvalue weighted by Gasteiger charge is 2.12. The van der Waals surface area contributed by atoms with Gasteiger partial charge in [-0.05, 0) is 30.3 Å². The van der Waals surface area contributed by atoms with Crippen molar-refractivity contribution in [2.45, 2.75) is 0 Å². The first kappa shape index (κ1) is 19.4. The summed E-state index contributed by atoms with van der Waals surface area (Å²) < 4.78 is 28.4. The number of anilines is 1. The highest BCUT2D eigenvalue weighted by Crippen LogP contribution is 2.12. The van der Waals surface area contributed by atoms with Gasteiger partial charge in [-0.15, -0.1) is 0 Å². The van der Waals surface area contributed by atoms with Crippen LogP contribution in [-0.4, -0.2) is 48.7 Å². The molecule has 0 fully saturated rings. The lowest BCUT2D eigenvalue weighted by Crippen LogP contribution is -2.39. The molecule has 0 aliphatic carbocycles. The van der Waals surface area contributed by atoms with E-state index in [9.17, 15) is 18.0 Å². The molecule has 0 spiro atoms. The van der Waals surface area contributed by atoms with E-state index in [-0.39, 0.29) is 24.7 Å². The van der Waals surface area contributed by atoms with E-state index in [1.165, 1.54) is 0 Å². The van der Waals surface area contributed by atoms with Crippen molar-refractivity contribution in [3.8, 4) is 0 Å². The molecule has 0 aliphatic rings. The fourth-order valence-corrected chi connectivity index (χ4v) is 3.41. The Hall–Kier alpha value is -3.40. The molecule has 3 N–H and O–H groups in total. The highest BCUT2D eigenvalue weighted by molar-refractivity contribution is 7.92. The van der Waals surface area contributed by atoms with Gasteiger partial charge in [0.2, 0.25) is 15.9 Å². The van der Waals surface area contributed by atoms with E-state index < -0.39 is 15.9 Å². The van der Waals surface area contributed by atoms with E-state index in [0.717, 1.165) is 5.52 Å². The first-order chi connectivity index (χ1) is 13.4. The van der Waals surface area contributed by atoms with Crippen molar-refractivity contribution >= 4 is 33.0 Å². The van der Waals surface area contributed by atoms with Crippen LogP contribution in [0, 0.1) is 0 Å². The van der Waals surface area contributed by atoms with Crippen LogP contribution in [0.2, 0.25) is 0 Å². The van der Waals surface area contributed by atoms with Crippen LogP contribution in [0.5, 0.6) is 0 Å². The SMILES string of the molecule is O=C(CNC(=O)c1ccccc1)NCCS(=O)(=O)Nc1ccn2nccc2c1. The summed E-state index contributed by atoms with van der Waals surface area (Å²) in [5.74, 6) is -1.14. The summed E-state index contributed by atoms with van der Waals surface area (Å²) in [4.78, 5) is 23.6. The molecule has 0 saturated carbocycles. The number of amides is 2. The van der Waals surface area contributed by atoms with Crippen LogP contribution < -0.4 is 15.4 Å².